The fourth-order valence-electron chi connectivity index (χ4n) is 3.20. The lowest BCUT2D eigenvalue weighted by molar-refractivity contribution is 0.0970. The Kier molecular flexibility index (Phi) is 7.65. The highest BCUT2D eigenvalue weighted by molar-refractivity contribution is 9.13. The Labute approximate surface area is 186 Å². The third-order valence-corrected chi connectivity index (χ3v) is 6.90. The van der Waals surface area contributed by atoms with Gasteiger partial charge in [-0.15, -0.1) is 5.10 Å². The molecule has 3 rings (SSSR count). The summed E-state index contributed by atoms with van der Waals surface area (Å²) in [6.07, 6.45) is 10.1. The fourth-order valence-corrected chi connectivity index (χ4v) is 3.99. The average Bonchev–Trinajstić information content (AvgIpc) is 3.38. The molecule has 0 spiro atoms. The first-order valence-electron chi connectivity index (χ1n) is 9.66. The zero-order chi connectivity index (χ0) is 20.8. The summed E-state index contributed by atoms with van der Waals surface area (Å²) in [5, 5.41) is 8.42. The van der Waals surface area contributed by atoms with Gasteiger partial charge in [0.2, 0.25) is 0 Å². The van der Waals surface area contributed by atoms with Gasteiger partial charge in [0.05, 0.1) is 26.7 Å². The second kappa shape index (κ2) is 10.2. The van der Waals surface area contributed by atoms with E-state index >= 15 is 0 Å². The molecule has 0 saturated heterocycles. The zero-order valence-electron chi connectivity index (χ0n) is 16.4. The van der Waals surface area contributed by atoms with E-state index in [1.54, 1.807) is 6.20 Å². The number of ketones is 1. The van der Waals surface area contributed by atoms with Crippen LogP contribution in [-0.2, 0) is 26.4 Å². The van der Waals surface area contributed by atoms with Crippen LogP contribution in [0.15, 0.2) is 27.5 Å². The van der Waals surface area contributed by atoms with E-state index in [0.29, 0.717) is 24.6 Å². The minimum atomic E-state index is 0.123. The standard InChI is InChI=1S/C19H25Br2N7O/c1-27-16(10-15(20)18(27)21)17(29)8-5-9-28-12-14(25-26-28)7-4-2-3-6-13-11-23-19(22)24-13/h10-12H,2-9H2,1H3,(H3,22,23,24). The minimum Gasteiger partial charge on any atom is -0.369 e. The van der Waals surface area contributed by atoms with E-state index in [1.807, 2.05) is 28.6 Å². The van der Waals surface area contributed by atoms with Gasteiger partial charge in [-0.1, -0.05) is 11.6 Å². The molecule has 3 aromatic rings. The number of rotatable bonds is 11. The molecule has 3 N–H and O–H groups in total. The SMILES string of the molecule is Cn1c(C(=O)CCCn2cc(CCCCCc3cnc(N)[nH]3)nn2)cc(Br)c1Br. The van der Waals surface area contributed by atoms with Gasteiger partial charge in [0, 0.05) is 31.9 Å². The molecular formula is C19H25Br2N7O. The maximum absolute atomic E-state index is 12.4. The van der Waals surface area contributed by atoms with Crippen LogP contribution in [-0.4, -0.2) is 35.3 Å². The minimum absolute atomic E-state index is 0.123. The number of imidazole rings is 1. The number of halogens is 2. The number of nitrogens with one attached hydrogen (secondary N) is 1. The van der Waals surface area contributed by atoms with Crippen molar-refractivity contribution in [3.8, 4) is 0 Å². The quantitative estimate of drug-likeness (QED) is 0.289. The van der Waals surface area contributed by atoms with Crippen molar-refractivity contribution in [2.75, 3.05) is 5.73 Å². The lowest BCUT2D eigenvalue weighted by atomic mass is 10.1. The summed E-state index contributed by atoms with van der Waals surface area (Å²) in [6.45, 7) is 0.687. The number of nitrogens with zero attached hydrogens (tertiary/aromatic N) is 5. The van der Waals surface area contributed by atoms with E-state index in [9.17, 15) is 4.79 Å². The van der Waals surface area contributed by atoms with Crippen molar-refractivity contribution in [1.29, 1.82) is 0 Å². The zero-order valence-corrected chi connectivity index (χ0v) is 19.5. The molecule has 10 heteroatoms. The molecule has 0 aliphatic rings. The summed E-state index contributed by atoms with van der Waals surface area (Å²) < 4.78 is 5.43. The summed E-state index contributed by atoms with van der Waals surface area (Å²) in [7, 11) is 1.87. The van der Waals surface area contributed by atoms with Gasteiger partial charge in [0.1, 0.15) is 0 Å². The third kappa shape index (κ3) is 6.02. The van der Waals surface area contributed by atoms with Gasteiger partial charge in [-0.05, 0) is 70.0 Å². The van der Waals surface area contributed by atoms with Crippen LogP contribution < -0.4 is 5.73 Å². The number of H-pyrrole nitrogens is 1. The highest BCUT2D eigenvalue weighted by atomic mass is 79.9. The van der Waals surface area contributed by atoms with E-state index < -0.39 is 0 Å². The van der Waals surface area contributed by atoms with Gasteiger partial charge < -0.3 is 15.3 Å². The van der Waals surface area contributed by atoms with Gasteiger partial charge in [0.25, 0.3) is 0 Å². The lowest BCUT2D eigenvalue weighted by Crippen LogP contribution is -2.08. The number of aromatic nitrogens is 6. The molecule has 0 amide bonds. The number of carbonyl (C=O) groups is 1. The Hall–Kier alpha value is -1.94. The molecule has 156 valence electrons. The van der Waals surface area contributed by atoms with Crippen LogP contribution in [0.5, 0.6) is 0 Å². The van der Waals surface area contributed by atoms with Crippen LogP contribution in [0, 0.1) is 0 Å². The first-order valence-corrected chi connectivity index (χ1v) is 11.2. The predicted molar refractivity (Wildman–Crippen MR) is 119 cm³/mol. The van der Waals surface area contributed by atoms with Gasteiger partial charge >= 0.3 is 0 Å². The van der Waals surface area contributed by atoms with E-state index in [1.165, 1.54) is 0 Å². The van der Waals surface area contributed by atoms with E-state index in [4.69, 9.17) is 5.73 Å². The van der Waals surface area contributed by atoms with E-state index in [-0.39, 0.29) is 5.78 Å². The van der Waals surface area contributed by atoms with Gasteiger partial charge in [-0.3, -0.25) is 9.48 Å². The van der Waals surface area contributed by atoms with Crippen molar-refractivity contribution < 1.29 is 4.79 Å². The van der Waals surface area contributed by atoms with Gasteiger partial charge in [0.15, 0.2) is 11.7 Å². The molecule has 0 bridgehead atoms. The van der Waals surface area contributed by atoms with Crippen molar-refractivity contribution in [1.82, 2.24) is 29.5 Å². The molecular weight excluding hydrogens is 502 g/mol. The highest BCUT2D eigenvalue weighted by Gasteiger charge is 2.15. The molecule has 0 unspecified atom stereocenters. The summed E-state index contributed by atoms with van der Waals surface area (Å²) in [4.78, 5) is 19.5. The fraction of sp³-hybridized carbons (Fsp3) is 0.474. The molecule has 0 aromatic carbocycles. The Balaban J connectivity index is 1.34. The molecule has 0 radical (unpaired) electrons. The first kappa shape index (κ1) is 21.8. The van der Waals surface area contributed by atoms with Crippen molar-refractivity contribution in [3.05, 3.63) is 44.6 Å². The molecule has 8 nitrogen and oxygen atoms in total. The molecule has 0 saturated carbocycles. The van der Waals surface area contributed by atoms with Crippen LogP contribution in [0.2, 0.25) is 0 Å². The van der Waals surface area contributed by atoms with Crippen molar-refractivity contribution >= 4 is 43.6 Å². The van der Waals surface area contributed by atoms with Crippen LogP contribution in [0.3, 0.4) is 0 Å². The Morgan fingerprint density at radius 2 is 2.00 bits per heavy atom. The average molecular weight is 527 g/mol. The monoisotopic (exact) mass is 525 g/mol. The highest BCUT2D eigenvalue weighted by Crippen LogP contribution is 2.27. The van der Waals surface area contributed by atoms with Crippen LogP contribution >= 0.6 is 31.9 Å². The number of anilines is 1. The number of hydrogen-bond donors (Lipinski definition) is 2. The number of Topliss-reactive ketones (excluding diaryl/α,β-unsaturated/α-hetero) is 1. The van der Waals surface area contributed by atoms with Crippen LogP contribution in [0.25, 0.3) is 0 Å². The molecule has 3 heterocycles. The topological polar surface area (TPSA) is 107 Å². The predicted octanol–water partition coefficient (Wildman–Crippen LogP) is 4.07. The molecule has 0 aliphatic carbocycles. The first-order chi connectivity index (χ1) is 13.9. The Morgan fingerprint density at radius 3 is 2.69 bits per heavy atom. The number of nitrogen functional groups attached to an aromatic ring is 1. The maximum Gasteiger partial charge on any atom is 0.197 e. The number of aromatic amines is 1. The number of unbranched alkanes of at least 4 members (excludes halogenated alkanes) is 2. The van der Waals surface area contributed by atoms with Gasteiger partial charge in [-0.2, -0.15) is 0 Å². The summed E-state index contributed by atoms with van der Waals surface area (Å²) >= 11 is 6.89. The van der Waals surface area contributed by atoms with E-state index in [0.717, 1.165) is 59.0 Å². The molecule has 0 fully saturated rings. The maximum atomic E-state index is 12.4. The van der Waals surface area contributed by atoms with Crippen LogP contribution in [0.1, 0.15) is 54.0 Å². The second-order valence-corrected chi connectivity index (χ2v) is 8.69. The number of nitrogens with two attached hydrogens (primary N) is 1. The van der Waals surface area contributed by atoms with Gasteiger partial charge in [-0.25, -0.2) is 4.98 Å². The molecule has 3 aromatic heterocycles. The molecule has 0 atom stereocenters. The third-order valence-electron chi connectivity index (χ3n) is 4.81. The normalized spacial score (nSPS) is 11.3. The smallest absolute Gasteiger partial charge is 0.197 e. The van der Waals surface area contributed by atoms with Crippen molar-refractivity contribution in [2.24, 2.45) is 7.05 Å². The summed E-state index contributed by atoms with van der Waals surface area (Å²) in [6, 6.07) is 1.85. The second-order valence-electron chi connectivity index (χ2n) is 7.08. The Bertz CT molecular complexity index is 960. The number of carbonyl (C=O) groups excluding carboxylic acids is 1. The van der Waals surface area contributed by atoms with Crippen molar-refractivity contribution in [2.45, 2.75) is 51.5 Å². The number of hydrogen-bond acceptors (Lipinski definition) is 5. The molecule has 0 aliphatic heterocycles. The molecule has 29 heavy (non-hydrogen) atoms. The summed E-state index contributed by atoms with van der Waals surface area (Å²) in [5.41, 5.74) is 8.35. The summed E-state index contributed by atoms with van der Waals surface area (Å²) in [5.74, 6) is 0.598. The van der Waals surface area contributed by atoms with E-state index in [2.05, 4.69) is 52.1 Å². The van der Waals surface area contributed by atoms with Crippen LogP contribution in [0.4, 0.5) is 5.95 Å². The van der Waals surface area contributed by atoms with Crippen molar-refractivity contribution in [3.63, 3.8) is 0 Å². The number of aryl methyl sites for hydroxylation is 3. The lowest BCUT2D eigenvalue weighted by Gasteiger charge is -2.04. The largest absolute Gasteiger partial charge is 0.369 e. The Morgan fingerprint density at radius 1 is 1.21 bits per heavy atom.